The van der Waals surface area contributed by atoms with Crippen LogP contribution in [0.25, 0.3) is 0 Å². The van der Waals surface area contributed by atoms with Crippen LogP contribution in [0.4, 0.5) is 9.59 Å². The smallest absolute Gasteiger partial charge is 0.343 e. The molecule has 4 amide bonds. The van der Waals surface area contributed by atoms with E-state index in [1.807, 2.05) is 30.2 Å². The summed E-state index contributed by atoms with van der Waals surface area (Å²) in [5.41, 5.74) is 4.11. The van der Waals surface area contributed by atoms with Crippen molar-refractivity contribution >= 4 is 32.1 Å². The predicted molar refractivity (Wildman–Crippen MR) is 175 cm³/mol. The average molecular weight is 678 g/mol. The van der Waals surface area contributed by atoms with Gasteiger partial charge in [-0.15, -0.1) is 0 Å². The number of sulfonamides is 2. The highest BCUT2D eigenvalue weighted by Crippen LogP contribution is 2.65. The third-order valence-electron chi connectivity index (χ3n) is 10.1. The molecule has 0 spiro atoms. The molecule has 0 radical (unpaired) electrons. The minimum absolute atomic E-state index is 0.0361. The monoisotopic (exact) mass is 677 g/mol. The van der Waals surface area contributed by atoms with Crippen LogP contribution in [0.3, 0.4) is 0 Å². The van der Waals surface area contributed by atoms with Crippen LogP contribution in [-0.2, 0) is 20.0 Å². The Balaban J connectivity index is 0.000000212. The van der Waals surface area contributed by atoms with Gasteiger partial charge in [0.2, 0.25) is 0 Å². The molecule has 2 aromatic rings. The number of amides is 4. The Kier molecular flexibility index (Phi) is 10.8. The number of nitrogens with one attached hydrogen (secondary N) is 4. The van der Waals surface area contributed by atoms with E-state index in [4.69, 9.17) is 0 Å². The molecule has 4 atom stereocenters. The lowest BCUT2D eigenvalue weighted by molar-refractivity contribution is 0.00193. The topological polar surface area (TPSA) is 174 Å². The number of carbonyl (C=O) groups is 2. The maximum atomic E-state index is 12.3. The first-order valence-corrected chi connectivity index (χ1v) is 18.7. The summed E-state index contributed by atoms with van der Waals surface area (Å²) in [5, 5.41) is 15.1. The maximum Gasteiger partial charge on any atom is 0.343 e. The molecule has 1 heterocycles. The molecule has 2 aromatic carbocycles. The van der Waals surface area contributed by atoms with Crippen molar-refractivity contribution in [3.63, 3.8) is 0 Å². The minimum Gasteiger partial charge on any atom is -0.390 e. The van der Waals surface area contributed by atoms with Gasteiger partial charge in [-0.05, 0) is 75.1 Å². The number of hydrogen-bond acceptors (Lipinski definition) is 8. The molecule has 5 rings (SSSR count). The average Bonchev–Trinajstić information content (AvgIpc) is 3.15. The summed E-state index contributed by atoms with van der Waals surface area (Å²) in [7, 11) is -7.76. The second-order valence-corrected chi connectivity index (χ2v) is 16.8. The number of aryl methyl sites for hydroxylation is 2. The number of hydrazine groups is 1. The fourth-order valence-corrected chi connectivity index (χ4v) is 8.66. The molecule has 2 saturated carbocycles. The first-order valence-electron chi connectivity index (χ1n) is 15.7. The Hall–Kier alpha value is -3.20. The van der Waals surface area contributed by atoms with Crippen LogP contribution in [0.2, 0.25) is 0 Å². The highest BCUT2D eigenvalue weighted by molar-refractivity contribution is 7.90. The Labute approximate surface area is 272 Å². The van der Waals surface area contributed by atoms with Gasteiger partial charge in [0.25, 0.3) is 20.0 Å². The second-order valence-electron chi connectivity index (χ2n) is 13.4. The highest BCUT2D eigenvalue weighted by atomic mass is 32.2. The SMILES string of the molecule is Cc1ccc(S(=O)(=O)NC(=O)NN2CCCCCC2)cc1.Cc1ccc(S(=O)(=O)NC(=O)N[C@H]2[C@H]3CC[C@@](C)([C@H]2O)C3(C)C)cc1. The molecule has 0 aromatic heterocycles. The highest BCUT2D eigenvalue weighted by Gasteiger charge is 2.66. The number of carbonyl (C=O) groups excluding carboxylic acids is 2. The van der Waals surface area contributed by atoms with Crippen molar-refractivity contribution in [1.82, 2.24) is 25.2 Å². The second kappa shape index (κ2) is 13.9. The Morgan fingerprint density at radius 1 is 0.761 bits per heavy atom. The lowest BCUT2D eigenvalue weighted by Gasteiger charge is -2.37. The molecule has 14 heteroatoms. The van der Waals surface area contributed by atoms with Gasteiger partial charge in [-0.1, -0.05) is 69.0 Å². The van der Waals surface area contributed by atoms with E-state index in [0.717, 1.165) is 62.7 Å². The third-order valence-corrected chi connectivity index (χ3v) is 12.8. The third kappa shape index (κ3) is 7.84. The number of benzene rings is 2. The summed E-state index contributed by atoms with van der Waals surface area (Å²) in [6, 6.07) is 10.7. The number of fused-ring (bicyclic) bond motifs is 2. The van der Waals surface area contributed by atoms with Crippen molar-refractivity contribution < 1.29 is 31.5 Å². The molecule has 1 aliphatic heterocycles. The fraction of sp³-hybridized carbons (Fsp3) is 0.562. The quantitative estimate of drug-likeness (QED) is 0.306. The summed E-state index contributed by atoms with van der Waals surface area (Å²) in [6.45, 7) is 11.5. The van der Waals surface area contributed by atoms with E-state index in [1.54, 1.807) is 29.3 Å². The van der Waals surface area contributed by atoms with Crippen LogP contribution in [0, 0.1) is 30.6 Å². The van der Waals surface area contributed by atoms with Gasteiger partial charge < -0.3 is 10.4 Å². The molecule has 254 valence electrons. The van der Waals surface area contributed by atoms with E-state index in [9.17, 15) is 31.5 Å². The first-order chi connectivity index (χ1) is 21.5. The van der Waals surface area contributed by atoms with Gasteiger partial charge in [0.15, 0.2) is 0 Å². The molecule has 2 bridgehead atoms. The number of urea groups is 2. The first kappa shape index (κ1) is 35.7. The van der Waals surface area contributed by atoms with Crippen LogP contribution < -0.4 is 20.2 Å². The van der Waals surface area contributed by atoms with E-state index < -0.39 is 44.3 Å². The van der Waals surface area contributed by atoms with Crippen LogP contribution >= 0.6 is 0 Å². The summed E-state index contributed by atoms with van der Waals surface area (Å²) in [6.07, 6.45) is 5.43. The van der Waals surface area contributed by atoms with Gasteiger partial charge in [0.1, 0.15) is 0 Å². The predicted octanol–water partition coefficient (Wildman–Crippen LogP) is 3.94. The largest absolute Gasteiger partial charge is 0.390 e. The molecular formula is C32H47N5O7S2. The summed E-state index contributed by atoms with van der Waals surface area (Å²) < 4.78 is 52.9. The van der Waals surface area contributed by atoms with Crippen molar-refractivity contribution in [2.24, 2.45) is 16.7 Å². The standard InChI is InChI=1S/C18H26N2O4S.C14H21N3O3S/c1-11-5-7-12(8-6-11)25(23,24)20-16(22)19-14-13-9-10-18(4,15(14)21)17(13,2)3;1-12-6-8-13(9-7-12)21(19,20)16-14(18)15-17-10-4-2-3-5-11-17/h5-8,13-15,21H,9-10H2,1-4H3,(H2,19,20,22);6-9H,2-5,10-11H2,1H3,(H2,15,16,18)/t13-,14+,15+,18+;/m1./s1. The van der Waals surface area contributed by atoms with Gasteiger partial charge in [-0.2, -0.15) is 0 Å². The molecule has 3 fully saturated rings. The molecule has 2 aliphatic carbocycles. The van der Waals surface area contributed by atoms with Gasteiger partial charge in [-0.3, -0.25) is 5.43 Å². The molecule has 3 aliphatic rings. The normalized spacial score (nSPS) is 25.8. The van der Waals surface area contributed by atoms with Gasteiger partial charge >= 0.3 is 12.1 Å². The lowest BCUT2D eigenvalue weighted by atomic mass is 9.70. The Bertz CT molecular complexity index is 1600. The zero-order chi connectivity index (χ0) is 33.9. The van der Waals surface area contributed by atoms with Crippen LogP contribution in [0.1, 0.15) is 70.4 Å². The number of nitrogens with zero attached hydrogens (tertiary/aromatic N) is 1. The molecule has 0 unspecified atom stereocenters. The van der Waals surface area contributed by atoms with E-state index in [1.165, 1.54) is 24.3 Å². The zero-order valence-corrected chi connectivity index (χ0v) is 28.8. The maximum absolute atomic E-state index is 12.3. The van der Waals surface area contributed by atoms with Crippen molar-refractivity contribution in [1.29, 1.82) is 0 Å². The summed E-state index contributed by atoms with van der Waals surface area (Å²) in [5.74, 6) is 0.125. The summed E-state index contributed by atoms with van der Waals surface area (Å²) in [4.78, 5) is 24.2. The number of hydrogen-bond donors (Lipinski definition) is 5. The molecule has 46 heavy (non-hydrogen) atoms. The molecule has 1 saturated heterocycles. The summed E-state index contributed by atoms with van der Waals surface area (Å²) >= 11 is 0. The Morgan fingerprint density at radius 2 is 1.22 bits per heavy atom. The molecular weight excluding hydrogens is 631 g/mol. The van der Waals surface area contributed by atoms with E-state index in [-0.39, 0.29) is 26.5 Å². The van der Waals surface area contributed by atoms with E-state index in [2.05, 4.69) is 24.6 Å². The number of aliphatic hydroxyl groups excluding tert-OH is 1. The van der Waals surface area contributed by atoms with Gasteiger partial charge in [-0.25, -0.2) is 40.9 Å². The zero-order valence-electron chi connectivity index (χ0n) is 27.2. The molecule has 5 N–H and O–H groups in total. The van der Waals surface area contributed by atoms with Crippen molar-refractivity contribution in [2.75, 3.05) is 13.1 Å². The number of aliphatic hydroxyl groups is 1. The molecule has 12 nitrogen and oxygen atoms in total. The number of rotatable bonds is 6. The van der Waals surface area contributed by atoms with Gasteiger partial charge in [0, 0.05) is 18.5 Å². The minimum atomic E-state index is -3.94. The van der Waals surface area contributed by atoms with Crippen LogP contribution in [0.5, 0.6) is 0 Å². The fourth-order valence-electron chi connectivity index (χ4n) is 6.84. The van der Waals surface area contributed by atoms with E-state index in [0.29, 0.717) is 0 Å². The van der Waals surface area contributed by atoms with Crippen molar-refractivity contribution in [3.05, 3.63) is 59.7 Å². The lowest BCUT2D eigenvalue weighted by Crippen LogP contribution is -2.52. The Morgan fingerprint density at radius 3 is 1.65 bits per heavy atom. The van der Waals surface area contributed by atoms with Crippen molar-refractivity contribution in [2.45, 2.75) is 95.1 Å². The van der Waals surface area contributed by atoms with Crippen LogP contribution in [-0.4, -0.2) is 64.2 Å². The van der Waals surface area contributed by atoms with Crippen molar-refractivity contribution in [3.8, 4) is 0 Å². The van der Waals surface area contributed by atoms with E-state index >= 15 is 0 Å². The van der Waals surface area contributed by atoms with Crippen LogP contribution in [0.15, 0.2) is 58.3 Å². The van der Waals surface area contributed by atoms with Gasteiger partial charge in [0.05, 0.1) is 21.9 Å².